The van der Waals surface area contributed by atoms with Gasteiger partial charge in [0.2, 0.25) is 0 Å². The Morgan fingerprint density at radius 1 is 0.967 bits per heavy atom. The topological polar surface area (TPSA) is 54.7 Å². The molecule has 0 radical (unpaired) electrons. The maximum absolute atomic E-state index is 10.2. The lowest BCUT2D eigenvalue weighted by atomic mass is 9.76. The van der Waals surface area contributed by atoms with Crippen LogP contribution in [0.4, 0.5) is 0 Å². The fraction of sp³-hybridized carbons (Fsp3) is 0.400. The summed E-state index contributed by atoms with van der Waals surface area (Å²) < 4.78 is 16.5. The van der Waals surface area contributed by atoms with E-state index >= 15 is 0 Å². The summed E-state index contributed by atoms with van der Waals surface area (Å²) in [7, 11) is 4.96. The molecule has 2 aromatic rings. The van der Waals surface area contributed by atoms with Crippen molar-refractivity contribution in [3.63, 3.8) is 0 Å². The molecule has 0 bridgehead atoms. The first kappa shape index (κ1) is 20.2. The molecule has 1 saturated heterocycles. The Hall–Kier alpha value is -3.13. The van der Waals surface area contributed by atoms with E-state index in [4.69, 9.17) is 14.2 Å². The highest BCUT2D eigenvalue weighted by molar-refractivity contribution is 5.79. The molecular weight excluding hydrogens is 376 g/mol. The minimum atomic E-state index is 0.118. The molecule has 0 aromatic heterocycles. The van der Waals surface area contributed by atoms with Crippen molar-refractivity contribution in [3.05, 3.63) is 59.3 Å². The van der Waals surface area contributed by atoms with Crippen LogP contribution in [-0.2, 0) is 0 Å². The summed E-state index contributed by atoms with van der Waals surface area (Å²) in [6, 6.07) is 17.1. The van der Waals surface area contributed by atoms with Crippen LogP contribution in [0.25, 0.3) is 5.57 Å². The smallest absolute Gasteiger partial charge is 0.161 e. The van der Waals surface area contributed by atoms with Crippen molar-refractivity contribution in [3.8, 4) is 23.3 Å². The van der Waals surface area contributed by atoms with E-state index in [0.29, 0.717) is 17.5 Å². The van der Waals surface area contributed by atoms with Crippen LogP contribution in [0, 0.1) is 11.3 Å². The van der Waals surface area contributed by atoms with E-state index in [1.165, 1.54) is 12.0 Å². The summed E-state index contributed by atoms with van der Waals surface area (Å²) in [5, 5.41) is 10.2. The van der Waals surface area contributed by atoms with Gasteiger partial charge in [-0.15, -0.1) is 0 Å². The molecule has 2 aliphatic rings. The van der Waals surface area contributed by atoms with Gasteiger partial charge in [0.15, 0.2) is 11.5 Å². The van der Waals surface area contributed by atoms with Crippen molar-refractivity contribution in [2.24, 2.45) is 0 Å². The third-order valence-electron chi connectivity index (χ3n) is 6.32. The number of methoxy groups -OCH3 is 3. The number of rotatable bonds is 5. The molecule has 30 heavy (non-hydrogen) atoms. The molecule has 5 heteroatoms. The number of allylic oxidation sites excluding steroid dienone is 2. The van der Waals surface area contributed by atoms with Gasteiger partial charge in [0.05, 0.1) is 21.3 Å². The Morgan fingerprint density at radius 2 is 1.80 bits per heavy atom. The Balaban J connectivity index is 1.90. The summed E-state index contributed by atoms with van der Waals surface area (Å²) in [5.41, 5.74) is 4.02. The number of fused-ring (bicyclic) bond motifs is 1. The van der Waals surface area contributed by atoms with Crippen LogP contribution in [0.2, 0.25) is 0 Å². The molecule has 4 rings (SSSR count). The normalized spacial score (nSPS) is 20.9. The number of benzene rings is 2. The maximum Gasteiger partial charge on any atom is 0.161 e. The number of piperidine rings is 1. The van der Waals surface area contributed by atoms with E-state index in [2.05, 4.69) is 23.1 Å². The summed E-state index contributed by atoms with van der Waals surface area (Å²) >= 11 is 0. The molecule has 0 N–H and O–H groups in total. The molecule has 1 fully saturated rings. The molecule has 0 aliphatic carbocycles. The average molecular weight is 405 g/mol. The van der Waals surface area contributed by atoms with Gasteiger partial charge in [-0.25, -0.2) is 0 Å². The molecule has 2 aliphatic heterocycles. The van der Waals surface area contributed by atoms with Crippen molar-refractivity contribution >= 4 is 5.57 Å². The van der Waals surface area contributed by atoms with Gasteiger partial charge in [-0.05, 0) is 61.1 Å². The molecule has 156 valence electrons. The van der Waals surface area contributed by atoms with Gasteiger partial charge in [0, 0.05) is 24.1 Å². The van der Waals surface area contributed by atoms with Gasteiger partial charge in [0.1, 0.15) is 17.5 Å². The van der Waals surface area contributed by atoms with Crippen molar-refractivity contribution in [1.82, 2.24) is 4.90 Å². The second-order valence-corrected chi connectivity index (χ2v) is 7.85. The van der Waals surface area contributed by atoms with Gasteiger partial charge < -0.3 is 19.1 Å². The van der Waals surface area contributed by atoms with E-state index in [0.717, 1.165) is 48.4 Å². The molecule has 0 amide bonds. The lowest BCUT2D eigenvalue weighted by Gasteiger charge is -2.44. The Bertz CT molecular complexity index is 992. The zero-order chi connectivity index (χ0) is 21.1. The van der Waals surface area contributed by atoms with E-state index in [1.54, 1.807) is 21.3 Å². The molecule has 0 saturated carbocycles. The van der Waals surface area contributed by atoms with Gasteiger partial charge in [-0.2, -0.15) is 5.26 Å². The van der Waals surface area contributed by atoms with Crippen LogP contribution < -0.4 is 14.2 Å². The molecule has 5 nitrogen and oxygen atoms in total. The SMILES string of the molecule is COc1cccc([C@H]2C[C@H]3CCCCN3C(C#N)=C2c2ccc(OC)c(OC)c2)c1. The first-order valence-electron chi connectivity index (χ1n) is 10.5. The third kappa shape index (κ3) is 3.59. The van der Waals surface area contributed by atoms with Crippen LogP contribution in [0.15, 0.2) is 48.2 Å². The zero-order valence-corrected chi connectivity index (χ0v) is 17.9. The lowest BCUT2D eigenvalue weighted by Crippen LogP contribution is -2.43. The first-order valence-corrected chi connectivity index (χ1v) is 10.5. The second-order valence-electron chi connectivity index (χ2n) is 7.85. The van der Waals surface area contributed by atoms with E-state index < -0.39 is 0 Å². The van der Waals surface area contributed by atoms with Crippen molar-refractivity contribution < 1.29 is 14.2 Å². The average Bonchev–Trinajstić information content (AvgIpc) is 2.82. The van der Waals surface area contributed by atoms with Crippen LogP contribution in [-0.4, -0.2) is 38.8 Å². The quantitative estimate of drug-likeness (QED) is 0.703. The Morgan fingerprint density at radius 3 is 2.53 bits per heavy atom. The molecule has 2 aromatic carbocycles. The fourth-order valence-electron chi connectivity index (χ4n) is 4.88. The standard InChI is InChI=1S/C25H28N2O3/c1-28-20-9-6-7-17(13-20)21-15-19-8-4-5-12-27(19)22(16-26)25(21)18-10-11-23(29-2)24(14-18)30-3/h6-7,9-11,13-14,19,21H,4-5,8,12,15H2,1-3H3/t19-,21-/m1/s1. The minimum absolute atomic E-state index is 0.118. The highest BCUT2D eigenvalue weighted by Crippen LogP contribution is 2.47. The molecular formula is C25H28N2O3. The van der Waals surface area contributed by atoms with E-state index in [-0.39, 0.29) is 5.92 Å². The van der Waals surface area contributed by atoms with Crippen LogP contribution in [0.5, 0.6) is 17.2 Å². The first-order chi connectivity index (χ1) is 14.7. The van der Waals surface area contributed by atoms with Crippen molar-refractivity contribution in [2.45, 2.75) is 37.6 Å². The summed E-state index contributed by atoms with van der Waals surface area (Å²) in [6.07, 6.45) is 4.47. The van der Waals surface area contributed by atoms with Gasteiger partial charge in [0.25, 0.3) is 0 Å². The monoisotopic (exact) mass is 404 g/mol. The Labute approximate surface area is 178 Å². The highest BCUT2D eigenvalue weighted by atomic mass is 16.5. The Kier molecular flexibility index (Phi) is 5.85. The van der Waals surface area contributed by atoms with Gasteiger partial charge >= 0.3 is 0 Å². The predicted molar refractivity (Wildman–Crippen MR) is 117 cm³/mol. The zero-order valence-electron chi connectivity index (χ0n) is 17.9. The third-order valence-corrected chi connectivity index (χ3v) is 6.32. The molecule has 0 spiro atoms. The number of ether oxygens (including phenoxy) is 3. The minimum Gasteiger partial charge on any atom is -0.497 e. The highest BCUT2D eigenvalue weighted by Gasteiger charge is 2.37. The fourth-order valence-corrected chi connectivity index (χ4v) is 4.88. The molecule has 2 heterocycles. The van der Waals surface area contributed by atoms with Gasteiger partial charge in [-0.3, -0.25) is 0 Å². The number of hydrogen-bond donors (Lipinski definition) is 0. The predicted octanol–water partition coefficient (Wildman–Crippen LogP) is 4.99. The second kappa shape index (κ2) is 8.71. The lowest BCUT2D eigenvalue weighted by molar-refractivity contribution is 0.177. The number of nitriles is 1. The van der Waals surface area contributed by atoms with Crippen LogP contribution in [0.3, 0.4) is 0 Å². The van der Waals surface area contributed by atoms with Gasteiger partial charge in [-0.1, -0.05) is 18.2 Å². The van der Waals surface area contributed by atoms with Crippen LogP contribution >= 0.6 is 0 Å². The molecule has 0 unspecified atom stereocenters. The summed E-state index contributed by atoms with van der Waals surface area (Å²) in [6.45, 7) is 0.940. The largest absolute Gasteiger partial charge is 0.497 e. The summed E-state index contributed by atoms with van der Waals surface area (Å²) in [5.74, 6) is 2.31. The van der Waals surface area contributed by atoms with Crippen molar-refractivity contribution in [2.75, 3.05) is 27.9 Å². The van der Waals surface area contributed by atoms with Crippen molar-refractivity contribution in [1.29, 1.82) is 5.26 Å². The van der Waals surface area contributed by atoms with E-state index in [1.807, 2.05) is 30.3 Å². The van der Waals surface area contributed by atoms with E-state index in [9.17, 15) is 5.26 Å². The number of nitrogens with zero attached hydrogens (tertiary/aromatic N) is 2. The maximum atomic E-state index is 10.2. The summed E-state index contributed by atoms with van der Waals surface area (Å²) in [4.78, 5) is 2.33. The molecule has 2 atom stereocenters. The van der Waals surface area contributed by atoms with Crippen LogP contribution in [0.1, 0.15) is 42.7 Å². The number of hydrogen-bond acceptors (Lipinski definition) is 5.